The van der Waals surface area contributed by atoms with E-state index in [-0.39, 0.29) is 0 Å². The number of hydrogen-bond acceptors (Lipinski definition) is 1. The molecule has 0 aliphatic heterocycles. The maximum Gasteiger partial charge on any atom is 0.0417 e. The molecule has 0 saturated carbocycles. The van der Waals surface area contributed by atoms with Crippen molar-refractivity contribution in [2.45, 2.75) is 6.54 Å². The molecule has 0 fully saturated rings. The van der Waals surface area contributed by atoms with Gasteiger partial charge in [-0.25, -0.2) is 0 Å². The minimum atomic E-state index is 0.742. The van der Waals surface area contributed by atoms with Gasteiger partial charge in [-0.05, 0) is 40.6 Å². The maximum absolute atomic E-state index is 5.95. The van der Waals surface area contributed by atoms with Gasteiger partial charge >= 0.3 is 0 Å². The van der Waals surface area contributed by atoms with Gasteiger partial charge in [0, 0.05) is 21.7 Å². The van der Waals surface area contributed by atoms with Crippen LogP contribution in [0.5, 0.6) is 0 Å². The zero-order valence-electron chi connectivity index (χ0n) is 10.7. The first-order valence-electron chi connectivity index (χ1n) is 6.39. The Balaban J connectivity index is 1.79. The van der Waals surface area contributed by atoms with E-state index in [0.717, 1.165) is 21.7 Å². The number of hydrogen-bond donors (Lipinski definition) is 1. The Bertz CT molecular complexity index is 755. The van der Waals surface area contributed by atoms with E-state index in [2.05, 4.69) is 63.7 Å². The summed E-state index contributed by atoms with van der Waals surface area (Å²) in [7, 11) is 0. The van der Waals surface area contributed by atoms with E-state index in [0.29, 0.717) is 0 Å². The number of anilines is 1. The van der Waals surface area contributed by atoms with Crippen LogP contribution >= 0.6 is 27.5 Å². The van der Waals surface area contributed by atoms with Crippen LogP contribution < -0.4 is 5.32 Å². The Labute approximate surface area is 131 Å². The summed E-state index contributed by atoms with van der Waals surface area (Å²) in [6.07, 6.45) is 0. The Morgan fingerprint density at radius 2 is 1.70 bits per heavy atom. The van der Waals surface area contributed by atoms with Gasteiger partial charge in [0.25, 0.3) is 0 Å². The van der Waals surface area contributed by atoms with Crippen LogP contribution in [0.15, 0.2) is 65.1 Å². The molecule has 0 atom stereocenters. The first-order valence-corrected chi connectivity index (χ1v) is 7.56. The smallest absolute Gasteiger partial charge is 0.0417 e. The highest BCUT2D eigenvalue weighted by atomic mass is 79.9. The molecule has 0 unspecified atom stereocenters. The predicted octanol–water partition coefficient (Wildman–Crippen LogP) is 5.87. The third kappa shape index (κ3) is 2.97. The van der Waals surface area contributed by atoms with Crippen LogP contribution in [-0.2, 0) is 6.54 Å². The second kappa shape index (κ2) is 5.86. The van der Waals surface area contributed by atoms with E-state index in [4.69, 9.17) is 11.6 Å². The summed E-state index contributed by atoms with van der Waals surface area (Å²) >= 11 is 9.49. The fourth-order valence-electron chi connectivity index (χ4n) is 2.16. The highest BCUT2D eigenvalue weighted by molar-refractivity contribution is 9.10. The van der Waals surface area contributed by atoms with Crippen LogP contribution in [0.2, 0.25) is 5.02 Å². The van der Waals surface area contributed by atoms with Gasteiger partial charge in [0.15, 0.2) is 0 Å². The molecule has 3 aromatic rings. The van der Waals surface area contributed by atoms with Crippen molar-refractivity contribution in [2.24, 2.45) is 0 Å². The first kappa shape index (κ1) is 13.5. The fraction of sp³-hybridized carbons (Fsp3) is 0.0588. The van der Waals surface area contributed by atoms with Crippen molar-refractivity contribution in [1.29, 1.82) is 0 Å². The molecule has 1 nitrogen and oxygen atoms in total. The van der Waals surface area contributed by atoms with Crippen molar-refractivity contribution in [3.05, 3.63) is 75.7 Å². The fourth-order valence-corrected chi connectivity index (χ4v) is 2.98. The van der Waals surface area contributed by atoms with Crippen LogP contribution in [0.25, 0.3) is 10.8 Å². The lowest BCUT2D eigenvalue weighted by atomic mass is 10.1. The molecular weight excluding hydrogens is 334 g/mol. The van der Waals surface area contributed by atoms with Gasteiger partial charge in [-0.3, -0.25) is 0 Å². The molecule has 3 aromatic carbocycles. The highest BCUT2D eigenvalue weighted by Crippen LogP contribution is 2.23. The average Bonchev–Trinajstić information content (AvgIpc) is 2.46. The first-order chi connectivity index (χ1) is 9.72. The third-order valence-electron chi connectivity index (χ3n) is 3.25. The van der Waals surface area contributed by atoms with Crippen LogP contribution in [-0.4, -0.2) is 0 Å². The van der Waals surface area contributed by atoms with E-state index >= 15 is 0 Å². The van der Waals surface area contributed by atoms with Gasteiger partial charge in [-0.15, -0.1) is 0 Å². The molecule has 3 heteroatoms. The summed E-state index contributed by atoms with van der Waals surface area (Å²) in [5, 5.41) is 6.68. The molecule has 3 rings (SSSR count). The van der Waals surface area contributed by atoms with Crippen molar-refractivity contribution < 1.29 is 0 Å². The number of benzene rings is 3. The van der Waals surface area contributed by atoms with E-state index < -0.39 is 0 Å². The summed E-state index contributed by atoms with van der Waals surface area (Å²) < 4.78 is 1.03. The average molecular weight is 347 g/mol. The monoisotopic (exact) mass is 345 g/mol. The molecule has 1 N–H and O–H groups in total. The molecule has 0 spiro atoms. The van der Waals surface area contributed by atoms with Crippen molar-refractivity contribution in [3.63, 3.8) is 0 Å². The Kier molecular flexibility index (Phi) is 3.95. The van der Waals surface area contributed by atoms with E-state index in [9.17, 15) is 0 Å². The summed E-state index contributed by atoms with van der Waals surface area (Å²) in [6.45, 7) is 0.760. The van der Waals surface area contributed by atoms with Gasteiger partial charge in [-0.2, -0.15) is 0 Å². The number of fused-ring (bicyclic) bond motifs is 1. The molecule has 0 aliphatic rings. The largest absolute Gasteiger partial charge is 0.381 e. The van der Waals surface area contributed by atoms with Crippen molar-refractivity contribution in [3.8, 4) is 0 Å². The van der Waals surface area contributed by atoms with Crippen LogP contribution in [0.4, 0.5) is 5.69 Å². The highest BCUT2D eigenvalue weighted by Gasteiger charge is 2.01. The molecule has 0 aromatic heterocycles. The summed E-state index contributed by atoms with van der Waals surface area (Å²) in [5.74, 6) is 0. The SMILES string of the molecule is Clc1ccc(CNc2ccc3ccccc3c2)c(Br)c1. The Morgan fingerprint density at radius 3 is 2.50 bits per heavy atom. The van der Waals surface area contributed by atoms with Gasteiger partial charge in [0.1, 0.15) is 0 Å². The molecule has 0 amide bonds. The molecular formula is C17H13BrClN. The van der Waals surface area contributed by atoms with E-state index in [1.807, 2.05) is 18.2 Å². The maximum atomic E-state index is 5.95. The normalized spacial score (nSPS) is 10.7. The standard InChI is InChI=1S/C17H13BrClN/c18-17-10-15(19)7-5-14(17)11-20-16-8-6-12-3-1-2-4-13(12)9-16/h1-10,20H,11H2. The zero-order chi connectivity index (χ0) is 13.9. The zero-order valence-corrected chi connectivity index (χ0v) is 13.1. The lowest BCUT2D eigenvalue weighted by molar-refractivity contribution is 1.14. The quantitative estimate of drug-likeness (QED) is 0.625. The van der Waals surface area contributed by atoms with Crippen molar-refractivity contribution >= 4 is 44.0 Å². The molecule has 0 radical (unpaired) electrons. The van der Waals surface area contributed by atoms with Crippen LogP contribution in [0.1, 0.15) is 5.56 Å². The van der Waals surface area contributed by atoms with Gasteiger partial charge in [-0.1, -0.05) is 63.9 Å². The number of rotatable bonds is 3. The predicted molar refractivity (Wildman–Crippen MR) is 90.4 cm³/mol. The summed E-state index contributed by atoms with van der Waals surface area (Å²) in [5.41, 5.74) is 2.30. The number of halogens is 2. The van der Waals surface area contributed by atoms with E-state index in [1.165, 1.54) is 16.3 Å². The van der Waals surface area contributed by atoms with Crippen LogP contribution in [0, 0.1) is 0 Å². The topological polar surface area (TPSA) is 12.0 Å². The molecule has 100 valence electrons. The lowest BCUT2D eigenvalue weighted by Gasteiger charge is -2.09. The Hall–Kier alpha value is -1.51. The molecule has 0 aliphatic carbocycles. The lowest BCUT2D eigenvalue weighted by Crippen LogP contribution is -2.00. The second-order valence-electron chi connectivity index (χ2n) is 4.65. The molecule has 0 saturated heterocycles. The number of nitrogens with one attached hydrogen (secondary N) is 1. The minimum Gasteiger partial charge on any atom is -0.381 e. The van der Waals surface area contributed by atoms with Gasteiger partial charge in [0.2, 0.25) is 0 Å². The van der Waals surface area contributed by atoms with Crippen molar-refractivity contribution in [1.82, 2.24) is 0 Å². The third-order valence-corrected chi connectivity index (χ3v) is 4.22. The molecule has 0 bridgehead atoms. The summed E-state index contributed by atoms with van der Waals surface area (Å²) in [4.78, 5) is 0. The van der Waals surface area contributed by atoms with E-state index in [1.54, 1.807) is 0 Å². The summed E-state index contributed by atoms with van der Waals surface area (Å²) in [6, 6.07) is 20.6. The molecule has 0 heterocycles. The van der Waals surface area contributed by atoms with Crippen LogP contribution in [0.3, 0.4) is 0 Å². The Morgan fingerprint density at radius 1 is 0.900 bits per heavy atom. The minimum absolute atomic E-state index is 0.742. The molecule has 20 heavy (non-hydrogen) atoms. The van der Waals surface area contributed by atoms with Gasteiger partial charge in [0.05, 0.1) is 0 Å². The van der Waals surface area contributed by atoms with Gasteiger partial charge < -0.3 is 5.32 Å². The van der Waals surface area contributed by atoms with Crippen molar-refractivity contribution in [2.75, 3.05) is 5.32 Å². The second-order valence-corrected chi connectivity index (χ2v) is 5.94.